The zero-order valence-corrected chi connectivity index (χ0v) is 19.1. The van der Waals surface area contributed by atoms with Crippen LogP contribution in [0.5, 0.6) is 0 Å². The first-order chi connectivity index (χ1) is 14.8. The number of cyclic esters (lactones) is 1. The monoisotopic (exact) mass is 429 g/mol. The summed E-state index contributed by atoms with van der Waals surface area (Å²) < 4.78 is 13.0. The van der Waals surface area contributed by atoms with Gasteiger partial charge in [0.1, 0.15) is 12.1 Å². The normalized spacial score (nSPS) is 39.3. The van der Waals surface area contributed by atoms with E-state index in [1.807, 2.05) is 18.6 Å². The van der Waals surface area contributed by atoms with Crippen molar-refractivity contribution in [1.29, 1.82) is 0 Å². The summed E-state index contributed by atoms with van der Waals surface area (Å²) in [7, 11) is 4.05. The molecular weight excluding hydrogens is 394 g/mol. The van der Waals surface area contributed by atoms with Crippen molar-refractivity contribution in [3.05, 3.63) is 33.2 Å². The number of aromatic nitrogens is 1. The Morgan fingerprint density at radius 3 is 2.71 bits per heavy atom. The van der Waals surface area contributed by atoms with E-state index in [9.17, 15) is 9.59 Å². The summed E-state index contributed by atoms with van der Waals surface area (Å²) in [5.74, 6) is 1.09. The van der Waals surface area contributed by atoms with Gasteiger partial charge in [0.25, 0.3) is 5.56 Å². The number of methoxy groups -OCH3 is 1. The topological polar surface area (TPSA) is 86.8 Å². The number of carbonyl (C=O) groups is 1. The largest absolute Gasteiger partial charge is 0.459 e. The summed E-state index contributed by atoms with van der Waals surface area (Å²) in [6.07, 6.45) is 5.15. The third-order valence-corrected chi connectivity index (χ3v) is 8.96. The van der Waals surface area contributed by atoms with Crippen LogP contribution < -0.4 is 11.3 Å². The molecule has 5 rings (SSSR count). The van der Waals surface area contributed by atoms with Gasteiger partial charge in [-0.3, -0.25) is 9.69 Å². The molecule has 170 valence electrons. The highest BCUT2D eigenvalue weighted by atomic mass is 16.5. The number of piperidine rings is 1. The molecule has 1 saturated carbocycles. The van der Waals surface area contributed by atoms with Gasteiger partial charge in [0.15, 0.2) is 0 Å². The maximum Gasteiger partial charge on any atom is 0.331 e. The van der Waals surface area contributed by atoms with Crippen LogP contribution in [0.4, 0.5) is 0 Å². The van der Waals surface area contributed by atoms with Crippen LogP contribution in [0.1, 0.15) is 68.8 Å². The fourth-order valence-corrected chi connectivity index (χ4v) is 7.26. The first-order valence-electron chi connectivity index (χ1n) is 11.8. The van der Waals surface area contributed by atoms with Crippen LogP contribution in [0.15, 0.2) is 10.9 Å². The summed E-state index contributed by atoms with van der Waals surface area (Å²) in [5, 5.41) is 0. The second-order valence-corrected chi connectivity index (χ2v) is 10.0. The number of likely N-dealkylation sites (tertiary alicyclic amines) is 1. The number of pyridine rings is 1. The predicted molar refractivity (Wildman–Crippen MR) is 116 cm³/mol. The van der Waals surface area contributed by atoms with Gasteiger partial charge in [-0.15, -0.1) is 0 Å². The number of ether oxygens (including phenoxy) is 2. The van der Waals surface area contributed by atoms with Crippen molar-refractivity contribution in [3.8, 4) is 0 Å². The number of rotatable bonds is 3. The lowest BCUT2D eigenvalue weighted by molar-refractivity contribution is -0.154. The summed E-state index contributed by atoms with van der Waals surface area (Å²) in [5.41, 5.74) is 7.51. The van der Waals surface area contributed by atoms with Crippen molar-refractivity contribution in [2.75, 3.05) is 14.2 Å². The molecule has 7 atom stereocenters. The zero-order chi connectivity index (χ0) is 22.1. The smallest absolute Gasteiger partial charge is 0.331 e. The quantitative estimate of drug-likeness (QED) is 0.742. The second-order valence-electron chi connectivity index (χ2n) is 10.0. The predicted octanol–water partition coefficient (Wildman–Crippen LogP) is 2.30. The van der Waals surface area contributed by atoms with Gasteiger partial charge in [-0.25, -0.2) is 4.79 Å². The highest BCUT2D eigenvalue weighted by Gasteiger charge is 2.54. The minimum Gasteiger partial charge on any atom is -0.459 e. The van der Waals surface area contributed by atoms with Crippen LogP contribution in [-0.4, -0.2) is 41.7 Å². The molecule has 0 radical (unpaired) electrons. The van der Waals surface area contributed by atoms with Crippen LogP contribution in [0.3, 0.4) is 0 Å². The fourth-order valence-electron chi connectivity index (χ4n) is 7.26. The van der Waals surface area contributed by atoms with Gasteiger partial charge in [0, 0.05) is 31.3 Å². The Bertz CT molecular complexity index is 959. The van der Waals surface area contributed by atoms with Crippen LogP contribution in [0.25, 0.3) is 0 Å². The Labute approximate surface area is 183 Å². The minimum atomic E-state index is -1.24. The van der Waals surface area contributed by atoms with Gasteiger partial charge < -0.3 is 19.8 Å². The summed E-state index contributed by atoms with van der Waals surface area (Å²) >= 11 is 0. The maximum absolute atomic E-state index is 13.6. The molecule has 0 aromatic carbocycles. The van der Waals surface area contributed by atoms with Crippen molar-refractivity contribution < 1.29 is 14.3 Å². The van der Waals surface area contributed by atoms with E-state index >= 15 is 0 Å². The van der Waals surface area contributed by atoms with Crippen LogP contribution in [0.2, 0.25) is 0 Å². The Morgan fingerprint density at radius 1 is 1.26 bits per heavy atom. The van der Waals surface area contributed by atoms with E-state index in [1.54, 1.807) is 0 Å². The van der Waals surface area contributed by atoms with Crippen LogP contribution in [0, 0.1) is 17.8 Å². The number of carbonyl (C=O) groups excluding carboxylic acids is 1. The minimum absolute atomic E-state index is 0.0232. The molecule has 1 aromatic rings. The van der Waals surface area contributed by atoms with Gasteiger partial charge in [-0.1, -0.05) is 20.3 Å². The molecular formula is C24H35N3O4. The van der Waals surface area contributed by atoms with Crippen molar-refractivity contribution in [1.82, 2.24) is 9.47 Å². The van der Waals surface area contributed by atoms with Crippen molar-refractivity contribution >= 4 is 5.97 Å². The highest BCUT2D eigenvalue weighted by Crippen LogP contribution is 2.53. The number of fused-ring (bicyclic) bond motifs is 5. The third-order valence-electron chi connectivity index (χ3n) is 8.96. The Hall–Kier alpha value is -1.70. The molecule has 0 amide bonds. The first-order valence-corrected chi connectivity index (χ1v) is 11.8. The molecule has 2 fully saturated rings. The van der Waals surface area contributed by atoms with Crippen LogP contribution >= 0.6 is 0 Å². The first kappa shape index (κ1) is 21.2. The lowest BCUT2D eigenvalue weighted by Crippen LogP contribution is -2.55. The van der Waals surface area contributed by atoms with Gasteiger partial charge in [-0.05, 0) is 56.2 Å². The molecule has 7 nitrogen and oxygen atoms in total. The fraction of sp³-hybridized carbons (Fsp3) is 0.750. The van der Waals surface area contributed by atoms with Gasteiger partial charge in [-0.2, -0.15) is 0 Å². The van der Waals surface area contributed by atoms with E-state index in [1.165, 1.54) is 0 Å². The molecule has 0 spiro atoms. The molecule has 3 aliphatic heterocycles. The van der Waals surface area contributed by atoms with Crippen molar-refractivity contribution in [2.45, 2.75) is 82.8 Å². The second kappa shape index (κ2) is 7.42. The van der Waals surface area contributed by atoms with E-state index in [0.29, 0.717) is 47.4 Å². The molecule has 1 aromatic heterocycles. The van der Waals surface area contributed by atoms with E-state index < -0.39 is 11.5 Å². The summed E-state index contributed by atoms with van der Waals surface area (Å²) in [6, 6.07) is 2.74. The highest BCUT2D eigenvalue weighted by molar-refractivity contribution is 5.84. The zero-order valence-electron chi connectivity index (χ0n) is 19.1. The molecule has 1 saturated heterocycles. The number of nitrogens with two attached hydrogens (primary N) is 1. The van der Waals surface area contributed by atoms with E-state index in [4.69, 9.17) is 15.2 Å². The Kier molecular flexibility index (Phi) is 5.07. The van der Waals surface area contributed by atoms with E-state index in [2.05, 4.69) is 24.9 Å². The van der Waals surface area contributed by atoms with Gasteiger partial charge >= 0.3 is 5.97 Å². The molecule has 1 aliphatic carbocycles. The molecule has 0 bridgehead atoms. The summed E-state index contributed by atoms with van der Waals surface area (Å²) in [6.45, 7) is 4.91. The van der Waals surface area contributed by atoms with E-state index in [-0.39, 0.29) is 18.2 Å². The molecule has 4 heterocycles. The van der Waals surface area contributed by atoms with E-state index in [0.717, 1.165) is 37.9 Å². The Balaban J connectivity index is 1.62. The molecule has 31 heavy (non-hydrogen) atoms. The Morgan fingerprint density at radius 2 is 2.03 bits per heavy atom. The number of hydrogen-bond donors (Lipinski definition) is 1. The lowest BCUT2D eigenvalue weighted by Gasteiger charge is -2.53. The molecule has 6 unspecified atom stereocenters. The lowest BCUT2D eigenvalue weighted by atomic mass is 9.64. The molecule has 7 heteroatoms. The average Bonchev–Trinajstić information content (AvgIpc) is 3.16. The average molecular weight is 430 g/mol. The molecule has 4 aliphatic rings. The van der Waals surface area contributed by atoms with Gasteiger partial charge in [0.05, 0.1) is 17.7 Å². The molecule has 2 N–H and O–H groups in total. The van der Waals surface area contributed by atoms with Crippen LogP contribution in [-0.2, 0) is 33.0 Å². The van der Waals surface area contributed by atoms with Crippen molar-refractivity contribution in [2.24, 2.45) is 23.5 Å². The summed E-state index contributed by atoms with van der Waals surface area (Å²) in [4.78, 5) is 28.6. The number of hydrogen-bond acceptors (Lipinski definition) is 6. The SMILES string of the molecule is CCC1C2CC(OC)CCC2N(C)C2c3cc4c(c(=O)n3CC12)COC(=O)[C@]4(N)CC. The standard InChI is InChI=1S/C24H35N3O4/c1-5-14-15-9-13(30-4)7-8-19(15)26(3)21-16(14)11-27-20(21)10-18-17(22(27)28)12-31-23(29)24(18,25)6-2/h10,13-16,19,21H,5-9,11-12,25H2,1-4H3/t13?,14?,15?,16?,19?,21?,24-/m0/s1. The number of esters is 1. The maximum atomic E-state index is 13.6. The number of nitrogens with zero attached hydrogens (tertiary/aromatic N) is 2. The van der Waals surface area contributed by atoms with Gasteiger partial charge in [0.2, 0.25) is 0 Å². The third kappa shape index (κ3) is 2.82. The van der Waals surface area contributed by atoms with Crippen molar-refractivity contribution in [3.63, 3.8) is 0 Å².